The zero-order valence-corrected chi connectivity index (χ0v) is 12.9. The van der Waals surface area contributed by atoms with Crippen molar-refractivity contribution in [1.82, 2.24) is 10.2 Å². The molecule has 3 rings (SSSR count). The molecule has 1 unspecified atom stereocenters. The Morgan fingerprint density at radius 1 is 1.27 bits per heavy atom. The Morgan fingerprint density at radius 2 is 2.00 bits per heavy atom. The van der Waals surface area contributed by atoms with Crippen molar-refractivity contribution < 1.29 is 9.59 Å². The van der Waals surface area contributed by atoms with Crippen LogP contribution in [0, 0.1) is 5.92 Å². The average molecular weight is 301 g/mol. The van der Waals surface area contributed by atoms with Gasteiger partial charge in [-0.05, 0) is 37.4 Å². The van der Waals surface area contributed by atoms with Crippen molar-refractivity contribution in [1.29, 1.82) is 0 Å². The number of piperidine rings is 1. The van der Waals surface area contributed by atoms with Gasteiger partial charge in [0.1, 0.15) is 6.04 Å². The summed E-state index contributed by atoms with van der Waals surface area (Å²) in [6.45, 7) is 3.43. The predicted molar refractivity (Wildman–Crippen MR) is 83.9 cm³/mol. The molecule has 1 aromatic carbocycles. The number of primary amides is 1. The van der Waals surface area contributed by atoms with Crippen LogP contribution in [0.15, 0.2) is 24.3 Å². The van der Waals surface area contributed by atoms with Gasteiger partial charge in [0.05, 0.1) is 0 Å². The van der Waals surface area contributed by atoms with Gasteiger partial charge in [0.2, 0.25) is 11.8 Å². The van der Waals surface area contributed by atoms with Gasteiger partial charge in [-0.3, -0.25) is 9.59 Å². The molecule has 1 aromatic rings. The van der Waals surface area contributed by atoms with Crippen molar-refractivity contribution in [2.24, 2.45) is 11.7 Å². The predicted octanol–water partition coefficient (Wildman–Crippen LogP) is 0.813. The summed E-state index contributed by atoms with van der Waals surface area (Å²) in [7, 11) is 0. The molecule has 2 aliphatic heterocycles. The maximum Gasteiger partial charge on any atom is 0.240 e. The third kappa shape index (κ3) is 2.86. The van der Waals surface area contributed by atoms with Crippen LogP contribution in [0.2, 0.25) is 0 Å². The molecule has 2 amide bonds. The fourth-order valence-electron chi connectivity index (χ4n) is 3.60. The van der Waals surface area contributed by atoms with Gasteiger partial charge in [-0.25, -0.2) is 0 Å². The summed E-state index contributed by atoms with van der Waals surface area (Å²) in [5.41, 5.74) is 7.80. The largest absolute Gasteiger partial charge is 0.368 e. The van der Waals surface area contributed by atoms with E-state index in [-0.39, 0.29) is 11.8 Å². The molecule has 0 spiro atoms. The first-order valence-electron chi connectivity index (χ1n) is 7.96. The first kappa shape index (κ1) is 15.0. The molecule has 0 aromatic heterocycles. The van der Waals surface area contributed by atoms with Crippen molar-refractivity contribution in [2.75, 3.05) is 6.54 Å². The van der Waals surface area contributed by atoms with Gasteiger partial charge in [-0.1, -0.05) is 24.3 Å². The van der Waals surface area contributed by atoms with E-state index >= 15 is 0 Å². The zero-order valence-electron chi connectivity index (χ0n) is 12.9. The second-order valence-electron chi connectivity index (χ2n) is 6.43. The monoisotopic (exact) mass is 301 g/mol. The van der Waals surface area contributed by atoms with Gasteiger partial charge < -0.3 is 16.0 Å². The van der Waals surface area contributed by atoms with Crippen LogP contribution in [-0.2, 0) is 22.6 Å². The van der Waals surface area contributed by atoms with Crippen molar-refractivity contribution in [3.63, 3.8) is 0 Å². The topological polar surface area (TPSA) is 75.4 Å². The summed E-state index contributed by atoms with van der Waals surface area (Å²) in [6.07, 6.45) is 2.17. The van der Waals surface area contributed by atoms with E-state index in [2.05, 4.69) is 12.2 Å². The fraction of sp³-hybridized carbons (Fsp3) is 0.529. The second-order valence-corrected chi connectivity index (χ2v) is 6.43. The number of nitrogens with zero attached hydrogens (tertiary/aromatic N) is 1. The molecule has 1 saturated heterocycles. The molecule has 118 valence electrons. The van der Waals surface area contributed by atoms with Crippen LogP contribution < -0.4 is 11.1 Å². The molecule has 22 heavy (non-hydrogen) atoms. The lowest BCUT2D eigenvalue weighted by molar-refractivity contribution is -0.145. The van der Waals surface area contributed by atoms with E-state index in [9.17, 15) is 9.59 Å². The SMILES string of the molecule is C[C@H]1C[C@@H](C(=O)N2Cc3ccccc3CC2C(N)=O)CCN1. The summed E-state index contributed by atoms with van der Waals surface area (Å²) in [5, 5.41) is 3.36. The molecule has 0 bridgehead atoms. The first-order chi connectivity index (χ1) is 10.6. The number of carbonyl (C=O) groups excluding carboxylic acids is 2. The number of nitrogens with one attached hydrogen (secondary N) is 1. The molecule has 5 heteroatoms. The summed E-state index contributed by atoms with van der Waals surface area (Å²) >= 11 is 0. The van der Waals surface area contributed by atoms with Crippen LogP contribution in [-0.4, -0.2) is 35.3 Å². The highest BCUT2D eigenvalue weighted by molar-refractivity contribution is 5.88. The van der Waals surface area contributed by atoms with Gasteiger partial charge >= 0.3 is 0 Å². The van der Waals surface area contributed by atoms with Gasteiger partial charge in [0.25, 0.3) is 0 Å². The minimum Gasteiger partial charge on any atom is -0.368 e. The minimum atomic E-state index is -0.521. The van der Waals surface area contributed by atoms with Gasteiger partial charge in [0.15, 0.2) is 0 Å². The van der Waals surface area contributed by atoms with Crippen molar-refractivity contribution >= 4 is 11.8 Å². The molecule has 0 aliphatic carbocycles. The van der Waals surface area contributed by atoms with Crippen LogP contribution in [0.5, 0.6) is 0 Å². The average Bonchev–Trinajstić information content (AvgIpc) is 2.52. The highest BCUT2D eigenvalue weighted by Gasteiger charge is 2.37. The Balaban J connectivity index is 1.84. The third-order valence-electron chi connectivity index (χ3n) is 4.83. The number of carbonyl (C=O) groups is 2. The van der Waals surface area contributed by atoms with E-state index in [0.29, 0.717) is 19.0 Å². The Bertz CT molecular complexity index is 587. The summed E-state index contributed by atoms with van der Waals surface area (Å²) in [4.78, 5) is 26.5. The van der Waals surface area contributed by atoms with Crippen LogP contribution >= 0.6 is 0 Å². The maximum atomic E-state index is 12.9. The lowest BCUT2D eigenvalue weighted by Crippen LogP contribution is -2.54. The number of hydrogen-bond donors (Lipinski definition) is 2. The maximum absolute atomic E-state index is 12.9. The molecule has 3 N–H and O–H groups in total. The van der Waals surface area contributed by atoms with E-state index in [1.165, 1.54) is 0 Å². The number of hydrogen-bond acceptors (Lipinski definition) is 3. The molecule has 3 atom stereocenters. The molecular weight excluding hydrogens is 278 g/mol. The first-order valence-corrected chi connectivity index (χ1v) is 7.96. The van der Waals surface area contributed by atoms with E-state index in [1.807, 2.05) is 24.3 Å². The van der Waals surface area contributed by atoms with E-state index < -0.39 is 11.9 Å². The van der Waals surface area contributed by atoms with E-state index in [1.54, 1.807) is 4.90 Å². The number of fused-ring (bicyclic) bond motifs is 1. The number of rotatable bonds is 2. The molecule has 2 heterocycles. The zero-order chi connectivity index (χ0) is 15.7. The molecule has 1 fully saturated rings. The van der Waals surface area contributed by atoms with Gasteiger partial charge in [0, 0.05) is 24.9 Å². The molecular formula is C17H23N3O2. The van der Waals surface area contributed by atoms with E-state index in [0.717, 1.165) is 30.5 Å². The third-order valence-corrected chi connectivity index (χ3v) is 4.83. The van der Waals surface area contributed by atoms with Crippen molar-refractivity contribution in [3.8, 4) is 0 Å². The molecule has 2 aliphatic rings. The Labute approximate surface area is 130 Å². The number of amides is 2. The normalized spacial score (nSPS) is 28.0. The van der Waals surface area contributed by atoms with Gasteiger partial charge in [-0.15, -0.1) is 0 Å². The number of nitrogens with two attached hydrogens (primary N) is 1. The summed E-state index contributed by atoms with van der Waals surface area (Å²) in [5.74, 6) is -0.347. The molecule has 0 radical (unpaired) electrons. The highest BCUT2D eigenvalue weighted by atomic mass is 16.2. The fourth-order valence-corrected chi connectivity index (χ4v) is 3.60. The van der Waals surface area contributed by atoms with Crippen molar-refractivity contribution in [3.05, 3.63) is 35.4 Å². The quantitative estimate of drug-likeness (QED) is 0.849. The highest BCUT2D eigenvalue weighted by Crippen LogP contribution is 2.27. The number of benzene rings is 1. The molecule has 5 nitrogen and oxygen atoms in total. The van der Waals surface area contributed by atoms with Crippen LogP contribution in [0.4, 0.5) is 0 Å². The van der Waals surface area contributed by atoms with Crippen LogP contribution in [0.1, 0.15) is 30.9 Å². The van der Waals surface area contributed by atoms with E-state index in [4.69, 9.17) is 5.73 Å². The van der Waals surface area contributed by atoms with Gasteiger partial charge in [-0.2, -0.15) is 0 Å². The van der Waals surface area contributed by atoms with Crippen LogP contribution in [0.25, 0.3) is 0 Å². The Kier molecular flexibility index (Phi) is 4.16. The molecule has 0 saturated carbocycles. The van der Waals surface area contributed by atoms with Crippen LogP contribution in [0.3, 0.4) is 0 Å². The lowest BCUT2D eigenvalue weighted by atomic mass is 9.88. The summed E-state index contributed by atoms with van der Waals surface area (Å²) < 4.78 is 0. The van der Waals surface area contributed by atoms with Crippen molar-refractivity contribution in [2.45, 2.75) is 44.8 Å². The Hall–Kier alpha value is -1.88. The Morgan fingerprint density at radius 3 is 2.68 bits per heavy atom. The second kappa shape index (κ2) is 6.08. The lowest BCUT2D eigenvalue weighted by Gasteiger charge is -2.38. The smallest absolute Gasteiger partial charge is 0.240 e. The minimum absolute atomic E-state index is 0.0108. The standard InChI is InChI=1S/C17H23N3O2/c1-11-8-13(6-7-19-11)17(22)20-10-14-5-3-2-4-12(14)9-15(20)16(18)21/h2-5,11,13,15,19H,6-10H2,1H3,(H2,18,21)/t11-,13-,15?/m0/s1. The summed E-state index contributed by atoms with van der Waals surface area (Å²) in [6, 6.07) is 7.79.